The predicted octanol–water partition coefficient (Wildman–Crippen LogP) is 0.898. The molecule has 0 amide bonds. The first-order valence-electron chi connectivity index (χ1n) is 4.87. The third kappa shape index (κ3) is 3.05. The van der Waals surface area contributed by atoms with Crippen molar-refractivity contribution in [2.45, 2.75) is 0 Å². The van der Waals surface area contributed by atoms with Crippen LogP contribution in [-0.2, 0) is 9.47 Å². The van der Waals surface area contributed by atoms with E-state index in [2.05, 4.69) is 14.5 Å². The number of aliphatic imine (C=N–C) groups is 1. The first-order valence-corrected chi connectivity index (χ1v) is 4.87. The minimum atomic E-state index is -0.600. The van der Waals surface area contributed by atoms with E-state index < -0.39 is 11.9 Å². The molecule has 96 valence electrons. The second-order valence-electron chi connectivity index (χ2n) is 3.10. The molecule has 0 saturated heterocycles. The van der Waals surface area contributed by atoms with Crippen LogP contribution in [0, 0.1) is 0 Å². The zero-order valence-electron chi connectivity index (χ0n) is 9.84. The molecule has 0 aromatic heterocycles. The van der Waals surface area contributed by atoms with Gasteiger partial charge in [-0.2, -0.15) is 0 Å². The van der Waals surface area contributed by atoms with Gasteiger partial charge < -0.3 is 9.47 Å². The molecule has 0 radical (unpaired) electrons. The third-order valence-electron chi connectivity index (χ3n) is 2.09. The third-order valence-corrected chi connectivity index (χ3v) is 2.09. The molecule has 7 heteroatoms. The zero-order chi connectivity index (χ0) is 13.5. The van der Waals surface area contributed by atoms with Crippen LogP contribution in [0.2, 0.25) is 0 Å². The van der Waals surface area contributed by atoms with Crippen LogP contribution in [0.1, 0.15) is 20.7 Å². The van der Waals surface area contributed by atoms with E-state index in [0.717, 1.165) is 6.34 Å². The van der Waals surface area contributed by atoms with E-state index in [0.29, 0.717) is 0 Å². The van der Waals surface area contributed by atoms with Crippen LogP contribution in [0.15, 0.2) is 23.2 Å². The molecule has 0 bridgehead atoms. The first kappa shape index (κ1) is 13.7. The Morgan fingerprint density at radius 2 is 1.94 bits per heavy atom. The van der Waals surface area contributed by atoms with Gasteiger partial charge in [0.15, 0.2) is 0 Å². The molecular formula is C11H12N2O5. The molecule has 18 heavy (non-hydrogen) atoms. The number of methoxy groups -OCH3 is 2. The monoisotopic (exact) mass is 252 g/mol. The molecule has 2 N–H and O–H groups in total. The van der Waals surface area contributed by atoms with E-state index in [9.17, 15) is 9.59 Å². The van der Waals surface area contributed by atoms with Gasteiger partial charge in [-0.3, -0.25) is 10.7 Å². The number of rotatable bonds is 4. The summed E-state index contributed by atoms with van der Waals surface area (Å²) < 4.78 is 9.12. The number of benzene rings is 1. The molecule has 0 fully saturated rings. The number of hydrogen-bond donors (Lipinski definition) is 2. The molecule has 0 aliphatic heterocycles. The van der Waals surface area contributed by atoms with Crippen molar-refractivity contribution < 1.29 is 24.3 Å². The van der Waals surface area contributed by atoms with Gasteiger partial charge in [0, 0.05) is 0 Å². The van der Waals surface area contributed by atoms with Crippen molar-refractivity contribution in [1.29, 1.82) is 0 Å². The number of carbonyl (C=O) groups excluding carboxylic acids is 2. The maximum absolute atomic E-state index is 11.5. The van der Waals surface area contributed by atoms with Gasteiger partial charge in [0.05, 0.1) is 31.0 Å². The van der Waals surface area contributed by atoms with Gasteiger partial charge in [-0.15, -0.1) is 0 Å². The lowest BCUT2D eigenvalue weighted by Gasteiger charge is -2.05. The number of esters is 2. The van der Waals surface area contributed by atoms with Crippen molar-refractivity contribution >= 4 is 24.0 Å². The van der Waals surface area contributed by atoms with Crippen LogP contribution in [0.5, 0.6) is 0 Å². The Morgan fingerprint density at radius 3 is 2.50 bits per heavy atom. The van der Waals surface area contributed by atoms with Gasteiger partial charge in [0.2, 0.25) is 0 Å². The summed E-state index contributed by atoms with van der Waals surface area (Å²) in [7, 11) is 2.48. The van der Waals surface area contributed by atoms with Gasteiger partial charge >= 0.3 is 11.9 Å². The second kappa shape index (κ2) is 6.36. The predicted molar refractivity (Wildman–Crippen MR) is 62.2 cm³/mol. The second-order valence-corrected chi connectivity index (χ2v) is 3.10. The van der Waals surface area contributed by atoms with Gasteiger partial charge in [-0.25, -0.2) is 14.6 Å². The Bertz CT molecular complexity index is 484. The van der Waals surface area contributed by atoms with Crippen LogP contribution >= 0.6 is 0 Å². The summed E-state index contributed by atoms with van der Waals surface area (Å²) in [5.41, 5.74) is 2.27. The first-order chi connectivity index (χ1) is 8.63. The molecule has 0 saturated carbocycles. The van der Waals surface area contributed by atoms with Gasteiger partial charge in [0.25, 0.3) is 0 Å². The SMILES string of the molecule is COC(=O)c1ccc(C(=O)OC)c(N=CNO)c1. The lowest BCUT2D eigenvalue weighted by molar-refractivity contribution is 0.0587. The highest BCUT2D eigenvalue weighted by molar-refractivity contribution is 5.98. The molecule has 1 aromatic carbocycles. The lowest BCUT2D eigenvalue weighted by Crippen LogP contribution is -2.06. The highest BCUT2D eigenvalue weighted by atomic mass is 16.5. The Labute approximate surface area is 103 Å². The average Bonchev–Trinajstić information content (AvgIpc) is 2.42. The van der Waals surface area contributed by atoms with Gasteiger partial charge in [-0.05, 0) is 18.2 Å². The maximum Gasteiger partial charge on any atom is 0.340 e. The van der Waals surface area contributed by atoms with Crippen molar-refractivity contribution in [3.05, 3.63) is 29.3 Å². The Kier molecular flexibility index (Phi) is 4.82. The highest BCUT2D eigenvalue weighted by Gasteiger charge is 2.14. The molecule has 1 aromatic rings. The normalized spacial score (nSPS) is 10.2. The van der Waals surface area contributed by atoms with E-state index in [4.69, 9.17) is 5.21 Å². The van der Waals surface area contributed by atoms with E-state index in [1.165, 1.54) is 32.4 Å². The molecule has 0 heterocycles. The number of carbonyl (C=O) groups is 2. The lowest BCUT2D eigenvalue weighted by atomic mass is 10.1. The fourth-order valence-corrected chi connectivity index (χ4v) is 1.26. The number of nitrogens with zero attached hydrogens (tertiary/aromatic N) is 1. The molecule has 0 unspecified atom stereocenters. The number of hydroxylamine groups is 1. The summed E-state index contributed by atoms with van der Waals surface area (Å²) in [5, 5.41) is 8.43. The number of nitrogens with one attached hydrogen (secondary N) is 1. The summed E-state index contributed by atoms with van der Waals surface area (Å²) >= 11 is 0. The summed E-state index contributed by atoms with van der Waals surface area (Å²) in [4.78, 5) is 26.6. The Balaban J connectivity index is 3.24. The van der Waals surface area contributed by atoms with Crippen molar-refractivity contribution in [2.24, 2.45) is 4.99 Å². The van der Waals surface area contributed by atoms with E-state index in [1.807, 2.05) is 0 Å². The van der Waals surface area contributed by atoms with Gasteiger partial charge in [0.1, 0.15) is 6.34 Å². The van der Waals surface area contributed by atoms with Crippen molar-refractivity contribution in [1.82, 2.24) is 5.48 Å². The van der Waals surface area contributed by atoms with Crippen LogP contribution in [-0.4, -0.2) is 37.7 Å². The van der Waals surface area contributed by atoms with Crippen molar-refractivity contribution in [2.75, 3.05) is 14.2 Å². The van der Waals surface area contributed by atoms with E-state index >= 15 is 0 Å². The Morgan fingerprint density at radius 1 is 1.28 bits per heavy atom. The summed E-state index contributed by atoms with van der Waals surface area (Å²) in [5.74, 6) is -1.16. The molecule has 0 atom stereocenters. The van der Waals surface area contributed by atoms with Crippen LogP contribution < -0.4 is 5.48 Å². The van der Waals surface area contributed by atoms with Crippen LogP contribution in [0.25, 0.3) is 0 Å². The molecule has 0 aliphatic rings. The summed E-state index contributed by atoms with van der Waals surface area (Å²) in [6.45, 7) is 0. The number of hydrogen-bond acceptors (Lipinski definition) is 6. The van der Waals surface area contributed by atoms with Gasteiger partial charge in [-0.1, -0.05) is 0 Å². The largest absolute Gasteiger partial charge is 0.465 e. The average molecular weight is 252 g/mol. The Hall–Kier alpha value is -2.41. The molecule has 0 spiro atoms. The quantitative estimate of drug-likeness (QED) is 0.357. The summed E-state index contributed by atoms with van der Waals surface area (Å²) in [6, 6.07) is 4.16. The van der Waals surface area contributed by atoms with E-state index in [1.54, 1.807) is 5.48 Å². The molecular weight excluding hydrogens is 240 g/mol. The zero-order valence-corrected chi connectivity index (χ0v) is 9.84. The van der Waals surface area contributed by atoms with Crippen LogP contribution in [0.4, 0.5) is 5.69 Å². The minimum Gasteiger partial charge on any atom is -0.465 e. The topological polar surface area (TPSA) is 97.2 Å². The van der Waals surface area contributed by atoms with Crippen molar-refractivity contribution in [3.63, 3.8) is 0 Å². The fourth-order valence-electron chi connectivity index (χ4n) is 1.26. The summed E-state index contributed by atoms with van der Waals surface area (Å²) in [6.07, 6.45) is 0.961. The van der Waals surface area contributed by atoms with Crippen LogP contribution in [0.3, 0.4) is 0 Å². The smallest absolute Gasteiger partial charge is 0.340 e. The molecule has 7 nitrogen and oxygen atoms in total. The molecule has 0 aliphatic carbocycles. The van der Waals surface area contributed by atoms with E-state index in [-0.39, 0.29) is 16.8 Å². The molecule has 1 rings (SSSR count). The standard InChI is InChI=1S/C11H12N2O5/c1-17-10(14)7-3-4-8(11(15)18-2)9(5-7)12-6-13-16/h3-6,16H,1-2H3,(H,12,13). The number of ether oxygens (including phenoxy) is 2. The fraction of sp³-hybridized carbons (Fsp3) is 0.182. The maximum atomic E-state index is 11.5. The minimum absolute atomic E-state index is 0.164. The highest BCUT2D eigenvalue weighted by Crippen LogP contribution is 2.22. The van der Waals surface area contributed by atoms with Crippen molar-refractivity contribution in [3.8, 4) is 0 Å².